The molecule has 0 atom stereocenters. The Labute approximate surface area is 87.4 Å². The lowest BCUT2D eigenvalue weighted by Crippen LogP contribution is -2.30. The quantitative estimate of drug-likeness (QED) is 0.528. The van der Waals surface area contributed by atoms with Crippen LogP contribution < -0.4 is 5.73 Å². The van der Waals surface area contributed by atoms with Crippen LogP contribution in [-0.4, -0.2) is 40.2 Å². The fraction of sp³-hybridized carbons (Fsp3) is 0.800. The first kappa shape index (κ1) is 16.2. The molecule has 2 N–H and O–H groups in total. The molecule has 90 valence electrons. The van der Waals surface area contributed by atoms with Crippen LogP contribution in [0.3, 0.4) is 0 Å². The van der Waals surface area contributed by atoms with Gasteiger partial charge in [-0.25, -0.2) is 4.79 Å². The van der Waals surface area contributed by atoms with Gasteiger partial charge in [-0.3, -0.25) is 8.37 Å². The first-order valence-electron chi connectivity index (χ1n) is 3.61. The van der Waals surface area contributed by atoms with Crippen molar-refractivity contribution in [1.82, 2.24) is 5.01 Å². The third kappa shape index (κ3) is 9.05. The maximum Gasteiger partial charge on any atom is 0.399 e. The summed E-state index contributed by atoms with van der Waals surface area (Å²) in [6.07, 6.45) is 0. The molecule has 0 aliphatic carbocycles. The largest absolute Gasteiger partial charge is 0.399 e. The Bertz CT molecular complexity index is 279. The van der Waals surface area contributed by atoms with Crippen molar-refractivity contribution in [3.63, 3.8) is 0 Å². The minimum atomic E-state index is -3.66. The monoisotopic (exact) mass is 243 g/mol. The van der Waals surface area contributed by atoms with E-state index in [0.717, 1.165) is 14.2 Å². The van der Waals surface area contributed by atoms with Gasteiger partial charge in [-0.05, 0) is 6.92 Å². The minimum Gasteiger partial charge on any atom is -0.350 e. The summed E-state index contributed by atoms with van der Waals surface area (Å²) < 4.78 is 27.5. The van der Waals surface area contributed by atoms with Crippen LogP contribution in [0.15, 0.2) is 5.29 Å². The van der Waals surface area contributed by atoms with E-state index in [1.165, 1.54) is 0 Å². The molecule has 0 heterocycles. The van der Waals surface area contributed by atoms with Gasteiger partial charge in [0.25, 0.3) is 0 Å². The summed E-state index contributed by atoms with van der Waals surface area (Å²) in [5.41, 5.74) is 4.65. The Morgan fingerprint density at radius 1 is 1.40 bits per heavy atom. The van der Waals surface area contributed by atoms with Gasteiger partial charge in [0.2, 0.25) is 0 Å². The standard InChI is InChI=1S/C3H7N3O2.C2H6O4S/c1-2-6(5-8)3(4)7;1-5-7(3,4)6-2/h2H2,1H3,(H2,4,7);1-2H3. The first-order valence-corrected chi connectivity index (χ1v) is 4.94. The van der Waals surface area contributed by atoms with E-state index < -0.39 is 16.4 Å². The van der Waals surface area contributed by atoms with Crippen LogP contribution in [0.5, 0.6) is 0 Å². The van der Waals surface area contributed by atoms with Crippen molar-refractivity contribution in [3.8, 4) is 0 Å². The number of hydrogen-bond donors (Lipinski definition) is 1. The maximum atomic E-state index is 10.0. The molecule has 0 aliphatic rings. The third-order valence-corrected chi connectivity index (χ3v) is 1.88. The van der Waals surface area contributed by atoms with E-state index in [-0.39, 0.29) is 6.54 Å². The molecule has 0 rings (SSSR count). The summed E-state index contributed by atoms with van der Waals surface area (Å²) in [6.45, 7) is 1.82. The van der Waals surface area contributed by atoms with Crippen LogP contribution in [0.25, 0.3) is 0 Å². The Kier molecular flexibility index (Phi) is 8.72. The number of nitrogens with two attached hydrogens (primary N) is 1. The predicted molar refractivity (Wildman–Crippen MR) is 50.7 cm³/mol. The van der Waals surface area contributed by atoms with Gasteiger partial charge in [0.1, 0.15) is 0 Å². The van der Waals surface area contributed by atoms with Crippen molar-refractivity contribution in [2.75, 3.05) is 20.8 Å². The minimum absolute atomic E-state index is 0.221. The molecule has 0 radical (unpaired) electrons. The molecule has 0 aromatic rings. The van der Waals surface area contributed by atoms with Crippen molar-refractivity contribution < 1.29 is 21.6 Å². The van der Waals surface area contributed by atoms with Crippen LogP contribution >= 0.6 is 0 Å². The fourth-order valence-electron chi connectivity index (χ4n) is 0.322. The van der Waals surface area contributed by atoms with Crippen molar-refractivity contribution in [2.45, 2.75) is 6.92 Å². The normalized spacial score (nSPS) is 9.80. The number of hydrogen-bond acceptors (Lipinski definition) is 7. The average molecular weight is 243 g/mol. The van der Waals surface area contributed by atoms with E-state index >= 15 is 0 Å². The van der Waals surface area contributed by atoms with Crippen LogP contribution in [0.1, 0.15) is 6.92 Å². The fourth-order valence-corrected chi connectivity index (χ4v) is 0.458. The zero-order valence-electron chi connectivity index (χ0n) is 8.54. The molecule has 0 saturated carbocycles. The molecule has 10 heteroatoms. The number of amides is 2. The maximum absolute atomic E-state index is 10.0. The molecule has 0 unspecified atom stereocenters. The van der Waals surface area contributed by atoms with E-state index in [0.29, 0.717) is 5.01 Å². The number of nitrogens with zero attached hydrogens (tertiary/aromatic N) is 2. The van der Waals surface area contributed by atoms with E-state index in [9.17, 15) is 18.1 Å². The summed E-state index contributed by atoms with van der Waals surface area (Å²) in [7, 11) is -1.60. The summed E-state index contributed by atoms with van der Waals surface area (Å²) in [5.74, 6) is 0. The topological polar surface area (TPSA) is 128 Å². The molecule has 0 saturated heterocycles. The van der Waals surface area contributed by atoms with Crippen molar-refractivity contribution in [3.05, 3.63) is 4.91 Å². The molecule has 9 nitrogen and oxygen atoms in total. The highest BCUT2D eigenvalue weighted by Crippen LogP contribution is 1.86. The zero-order chi connectivity index (χ0) is 12.5. The van der Waals surface area contributed by atoms with Crippen LogP contribution in [0.2, 0.25) is 0 Å². The summed E-state index contributed by atoms with van der Waals surface area (Å²) >= 11 is 0. The molecule has 0 fully saturated rings. The average Bonchev–Trinajstić information content (AvgIpc) is 2.20. The Balaban J connectivity index is 0. The van der Waals surface area contributed by atoms with Crippen molar-refractivity contribution in [1.29, 1.82) is 0 Å². The molecular weight excluding hydrogens is 230 g/mol. The van der Waals surface area contributed by atoms with Gasteiger partial charge in [-0.2, -0.15) is 13.4 Å². The summed E-state index contributed by atoms with van der Waals surface area (Å²) in [5, 5.41) is 2.94. The number of urea groups is 1. The predicted octanol–water partition coefficient (Wildman–Crippen LogP) is -0.408. The number of nitroso groups, excluding NO2 is 1. The Hall–Kier alpha value is -1.26. The number of rotatable bonds is 4. The van der Waals surface area contributed by atoms with Gasteiger partial charge in [0.15, 0.2) is 0 Å². The first-order chi connectivity index (χ1) is 6.84. The lowest BCUT2D eigenvalue weighted by atomic mass is 10.7. The number of carbonyl (C=O) groups excluding carboxylic acids is 1. The highest BCUT2D eigenvalue weighted by atomic mass is 32.3. The van der Waals surface area contributed by atoms with Gasteiger partial charge < -0.3 is 5.73 Å². The van der Waals surface area contributed by atoms with Gasteiger partial charge in [-0.1, -0.05) is 0 Å². The zero-order valence-corrected chi connectivity index (χ0v) is 9.35. The number of carbonyl (C=O) groups is 1. The second-order valence-corrected chi connectivity index (χ2v) is 3.36. The van der Waals surface area contributed by atoms with Gasteiger partial charge >= 0.3 is 16.4 Å². The third-order valence-electron chi connectivity index (χ3n) is 1.06. The van der Waals surface area contributed by atoms with E-state index in [4.69, 9.17) is 0 Å². The van der Waals surface area contributed by atoms with Crippen LogP contribution in [-0.2, 0) is 18.8 Å². The van der Waals surface area contributed by atoms with Crippen molar-refractivity contribution in [2.24, 2.45) is 11.0 Å². The molecule has 0 spiro atoms. The molecule has 15 heavy (non-hydrogen) atoms. The molecule has 0 bridgehead atoms. The van der Waals surface area contributed by atoms with Crippen LogP contribution in [0, 0.1) is 4.91 Å². The van der Waals surface area contributed by atoms with E-state index in [2.05, 4.69) is 19.4 Å². The highest BCUT2D eigenvalue weighted by Gasteiger charge is 2.03. The van der Waals surface area contributed by atoms with Crippen molar-refractivity contribution >= 4 is 16.4 Å². The van der Waals surface area contributed by atoms with Gasteiger partial charge in [-0.15, -0.1) is 4.91 Å². The van der Waals surface area contributed by atoms with E-state index in [1.807, 2.05) is 0 Å². The highest BCUT2D eigenvalue weighted by molar-refractivity contribution is 7.81. The summed E-state index contributed by atoms with van der Waals surface area (Å²) in [4.78, 5) is 19.6. The molecule has 0 aromatic heterocycles. The Morgan fingerprint density at radius 2 is 1.80 bits per heavy atom. The SMILES string of the molecule is CCN(N=O)C(N)=O.COS(=O)(=O)OC. The smallest absolute Gasteiger partial charge is 0.350 e. The van der Waals surface area contributed by atoms with Gasteiger partial charge in [0, 0.05) is 6.54 Å². The molecule has 0 aromatic carbocycles. The summed E-state index contributed by atoms with van der Waals surface area (Å²) in [6, 6.07) is -0.817. The molecule has 0 aliphatic heterocycles. The van der Waals surface area contributed by atoms with Gasteiger partial charge in [0.05, 0.1) is 19.5 Å². The molecule has 2 amide bonds. The molecular formula is C5H13N3O6S. The van der Waals surface area contributed by atoms with E-state index in [1.54, 1.807) is 6.92 Å². The van der Waals surface area contributed by atoms with Crippen LogP contribution in [0.4, 0.5) is 4.79 Å². The number of primary amides is 1. The second kappa shape index (κ2) is 8.08. The second-order valence-electron chi connectivity index (χ2n) is 1.88. The Morgan fingerprint density at radius 3 is 1.80 bits per heavy atom. The lowest BCUT2D eigenvalue weighted by Gasteiger charge is -2.03. The lowest BCUT2D eigenvalue weighted by molar-refractivity contribution is 0.212.